The van der Waals surface area contributed by atoms with Crippen molar-refractivity contribution in [1.82, 2.24) is 14.5 Å². The molecule has 9 nitrogen and oxygen atoms in total. The summed E-state index contributed by atoms with van der Waals surface area (Å²) in [7, 11) is -2.10. The summed E-state index contributed by atoms with van der Waals surface area (Å²) in [5.74, 6) is -0.581. The van der Waals surface area contributed by atoms with Crippen LogP contribution >= 0.6 is 0 Å². The third-order valence-electron chi connectivity index (χ3n) is 4.49. The molecule has 1 aliphatic rings. The van der Waals surface area contributed by atoms with Gasteiger partial charge < -0.3 is 19.4 Å². The molecule has 0 spiro atoms. The molecule has 30 heavy (non-hydrogen) atoms. The van der Waals surface area contributed by atoms with Crippen LogP contribution in [0.2, 0.25) is 0 Å². The van der Waals surface area contributed by atoms with Gasteiger partial charge in [-0.15, -0.1) is 8.78 Å². The summed E-state index contributed by atoms with van der Waals surface area (Å²) in [5.41, 5.74) is 0.699. The van der Waals surface area contributed by atoms with Crippen molar-refractivity contribution >= 4 is 32.6 Å². The molecule has 0 radical (unpaired) electrons. The molecule has 0 saturated heterocycles. The summed E-state index contributed by atoms with van der Waals surface area (Å²) in [6.45, 7) is 2.79. The van der Waals surface area contributed by atoms with E-state index in [2.05, 4.69) is 24.8 Å². The van der Waals surface area contributed by atoms with Crippen LogP contribution < -0.4 is 14.8 Å². The molecule has 2 aromatic heterocycles. The highest BCUT2D eigenvalue weighted by Crippen LogP contribution is 2.43. The topological polar surface area (TPSA) is 112 Å². The fourth-order valence-electron chi connectivity index (χ4n) is 3.11. The van der Waals surface area contributed by atoms with Gasteiger partial charge >= 0.3 is 6.29 Å². The molecule has 1 aromatic carbocycles. The standard InChI is InChI=1S/C18H16F2N4O5S/c1-4-30(26,27)14-5-6-15(21-9(2)25)23-16(14)17-22-10-7-12-13(8-11(10)24(17)3)29-18(19,20)28-12/h5-8H,4H2,1-3H3,(H,21,23,25). The van der Waals surface area contributed by atoms with Gasteiger partial charge in [-0.25, -0.2) is 18.4 Å². The number of amides is 1. The number of pyridine rings is 1. The zero-order chi connectivity index (χ0) is 21.8. The van der Waals surface area contributed by atoms with Crippen LogP contribution in [0.3, 0.4) is 0 Å². The van der Waals surface area contributed by atoms with Crippen LogP contribution in [0.4, 0.5) is 14.6 Å². The number of nitrogens with zero attached hydrogens (tertiary/aromatic N) is 3. The Bertz CT molecular complexity index is 1300. The summed E-state index contributed by atoms with van der Waals surface area (Å²) >= 11 is 0. The van der Waals surface area contributed by atoms with E-state index >= 15 is 0 Å². The number of carbonyl (C=O) groups excluding carboxylic acids is 1. The van der Waals surface area contributed by atoms with Crippen LogP contribution in [-0.4, -0.2) is 40.9 Å². The molecule has 3 heterocycles. The minimum atomic E-state index is -3.76. The second-order valence-electron chi connectivity index (χ2n) is 6.58. The van der Waals surface area contributed by atoms with Crippen molar-refractivity contribution in [1.29, 1.82) is 0 Å². The van der Waals surface area contributed by atoms with Gasteiger partial charge in [-0.2, -0.15) is 0 Å². The van der Waals surface area contributed by atoms with E-state index in [1.165, 1.54) is 42.7 Å². The van der Waals surface area contributed by atoms with Crippen LogP contribution in [-0.2, 0) is 21.7 Å². The molecule has 0 bridgehead atoms. The molecule has 3 aromatic rings. The maximum Gasteiger partial charge on any atom is 0.586 e. The number of imidazole rings is 1. The highest BCUT2D eigenvalue weighted by Gasteiger charge is 2.44. The van der Waals surface area contributed by atoms with E-state index in [4.69, 9.17) is 0 Å². The number of hydrogen-bond donors (Lipinski definition) is 1. The zero-order valence-corrected chi connectivity index (χ0v) is 16.9. The first kappa shape index (κ1) is 20.0. The number of sulfone groups is 1. The SMILES string of the molecule is CCS(=O)(=O)c1ccc(NC(C)=O)nc1-c1nc2cc3c(cc2n1C)OC(F)(F)O3. The predicted molar refractivity (Wildman–Crippen MR) is 102 cm³/mol. The fourth-order valence-corrected chi connectivity index (χ4v) is 4.13. The van der Waals surface area contributed by atoms with Crippen LogP contribution in [0.1, 0.15) is 13.8 Å². The molecular formula is C18H16F2N4O5S. The number of rotatable bonds is 4. The van der Waals surface area contributed by atoms with Crippen LogP contribution in [0.5, 0.6) is 11.5 Å². The third kappa shape index (κ3) is 3.32. The van der Waals surface area contributed by atoms with E-state index in [-0.39, 0.29) is 50.9 Å². The molecule has 0 unspecified atom stereocenters. The van der Waals surface area contributed by atoms with Crippen molar-refractivity contribution in [3.63, 3.8) is 0 Å². The molecule has 1 amide bonds. The summed E-state index contributed by atoms with van der Waals surface area (Å²) in [4.78, 5) is 20.0. The molecule has 12 heteroatoms. The number of benzene rings is 1. The zero-order valence-electron chi connectivity index (χ0n) is 16.1. The first-order valence-electron chi connectivity index (χ1n) is 8.79. The number of fused-ring (bicyclic) bond motifs is 2. The monoisotopic (exact) mass is 438 g/mol. The number of halogens is 2. The third-order valence-corrected chi connectivity index (χ3v) is 6.25. The summed E-state index contributed by atoms with van der Waals surface area (Å²) in [6, 6.07) is 5.33. The molecule has 0 aliphatic carbocycles. The summed E-state index contributed by atoms with van der Waals surface area (Å²) in [6.07, 6.45) is -3.76. The number of carbonyl (C=O) groups is 1. The molecule has 1 aliphatic heterocycles. The molecular weight excluding hydrogens is 422 g/mol. The average molecular weight is 438 g/mol. The molecule has 0 saturated carbocycles. The van der Waals surface area contributed by atoms with Crippen molar-refractivity contribution in [2.75, 3.05) is 11.1 Å². The highest BCUT2D eigenvalue weighted by atomic mass is 32.2. The lowest BCUT2D eigenvalue weighted by Crippen LogP contribution is -2.25. The fraction of sp³-hybridized carbons (Fsp3) is 0.278. The second kappa shape index (κ2) is 6.62. The number of aromatic nitrogens is 3. The number of anilines is 1. The van der Waals surface area contributed by atoms with E-state index in [0.717, 1.165) is 0 Å². The van der Waals surface area contributed by atoms with Crippen molar-refractivity contribution in [2.45, 2.75) is 25.0 Å². The summed E-state index contributed by atoms with van der Waals surface area (Å²) in [5, 5.41) is 2.51. The van der Waals surface area contributed by atoms with E-state index in [9.17, 15) is 22.0 Å². The smallest absolute Gasteiger partial charge is 0.395 e. The number of ether oxygens (including phenoxy) is 2. The van der Waals surface area contributed by atoms with E-state index in [1.807, 2.05) is 0 Å². The van der Waals surface area contributed by atoms with Gasteiger partial charge in [0.1, 0.15) is 11.5 Å². The summed E-state index contributed by atoms with van der Waals surface area (Å²) < 4.78 is 62.3. The lowest BCUT2D eigenvalue weighted by atomic mass is 10.3. The molecule has 0 atom stereocenters. The maximum atomic E-state index is 13.3. The Morgan fingerprint density at radius 1 is 1.20 bits per heavy atom. The number of aryl methyl sites for hydroxylation is 1. The number of nitrogens with one attached hydrogen (secondary N) is 1. The predicted octanol–water partition coefficient (Wildman–Crippen LogP) is 2.71. The Balaban J connectivity index is 1.93. The van der Waals surface area contributed by atoms with Gasteiger partial charge in [-0.1, -0.05) is 6.92 Å². The lowest BCUT2D eigenvalue weighted by Gasteiger charge is -2.11. The lowest BCUT2D eigenvalue weighted by molar-refractivity contribution is -0.286. The van der Waals surface area contributed by atoms with Gasteiger partial charge in [0.25, 0.3) is 0 Å². The Labute approximate surface area is 169 Å². The largest absolute Gasteiger partial charge is 0.586 e. The van der Waals surface area contributed by atoms with E-state index in [1.54, 1.807) is 7.05 Å². The normalized spacial score (nSPS) is 14.8. The van der Waals surface area contributed by atoms with Gasteiger partial charge in [-0.3, -0.25) is 4.79 Å². The van der Waals surface area contributed by atoms with Crippen molar-refractivity contribution in [3.8, 4) is 23.0 Å². The minimum Gasteiger partial charge on any atom is -0.395 e. The number of alkyl halides is 2. The Morgan fingerprint density at radius 3 is 2.50 bits per heavy atom. The van der Waals surface area contributed by atoms with Crippen LogP contribution in [0, 0.1) is 0 Å². The average Bonchev–Trinajstić information content (AvgIpc) is 3.13. The van der Waals surface area contributed by atoms with Gasteiger partial charge in [0.05, 0.1) is 21.7 Å². The first-order valence-corrected chi connectivity index (χ1v) is 10.4. The van der Waals surface area contributed by atoms with Crippen molar-refractivity contribution < 1.29 is 31.5 Å². The minimum absolute atomic E-state index is 0.0223. The Kier molecular flexibility index (Phi) is 4.42. The molecule has 158 valence electrons. The van der Waals surface area contributed by atoms with Gasteiger partial charge in [0.2, 0.25) is 5.91 Å². The molecule has 4 rings (SSSR count). The van der Waals surface area contributed by atoms with E-state index < -0.39 is 16.1 Å². The maximum absolute atomic E-state index is 13.3. The van der Waals surface area contributed by atoms with Crippen LogP contribution in [0.15, 0.2) is 29.2 Å². The quantitative estimate of drug-likeness (QED) is 0.666. The van der Waals surface area contributed by atoms with Gasteiger partial charge in [-0.05, 0) is 12.1 Å². The van der Waals surface area contributed by atoms with Gasteiger partial charge in [0, 0.05) is 26.1 Å². The van der Waals surface area contributed by atoms with Crippen molar-refractivity contribution in [3.05, 3.63) is 24.3 Å². The highest BCUT2D eigenvalue weighted by molar-refractivity contribution is 7.91. The number of hydrogen-bond acceptors (Lipinski definition) is 7. The Hall–Kier alpha value is -3.28. The van der Waals surface area contributed by atoms with E-state index in [0.29, 0.717) is 5.52 Å². The molecule has 1 N–H and O–H groups in total. The molecule has 0 fully saturated rings. The Morgan fingerprint density at radius 2 is 1.87 bits per heavy atom. The van der Waals surface area contributed by atoms with Crippen molar-refractivity contribution in [2.24, 2.45) is 7.05 Å². The van der Waals surface area contributed by atoms with Gasteiger partial charge in [0.15, 0.2) is 27.2 Å². The first-order chi connectivity index (χ1) is 14.0. The van der Waals surface area contributed by atoms with Crippen LogP contribution in [0.25, 0.3) is 22.6 Å². The second-order valence-corrected chi connectivity index (χ2v) is 8.82.